The molecule has 0 aliphatic heterocycles. The third-order valence-corrected chi connectivity index (χ3v) is 3.41. The third-order valence-electron chi connectivity index (χ3n) is 3.41. The van der Waals surface area contributed by atoms with Crippen molar-refractivity contribution in [3.8, 4) is 17.5 Å². The summed E-state index contributed by atoms with van der Waals surface area (Å²) in [6, 6.07) is 7.80. The van der Waals surface area contributed by atoms with Crippen LogP contribution in [0.4, 0.5) is 0 Å². The Morgan fingerprint density at radius 2 is 2.32 bits per heavy atom. The number of nitrogens with zero attached hydrogens (tertiary/aromatic N) is 3. The van der Waals surface area contributed by atoms with Gasteiger partial charge < -0.3 is 4.57 Å². The van der Waals surface area contributed by atoms with Gasteiger partial charge in [0.1, 0.15) is 6.07 Å². The van der Waals surface area contributed by atoms with E-state index in [0.29, 0.717) is 23.5 Å². The first-order valence-corrected chi connectivity index (χ1v) is 6.81. The SMILES string of the molecule is CC(C)=CCn1cc(C#N)c2cc(-c3noc(=O)[nH]3)ccc21. The molecule has 0 unspecified atom stereocenters. The Morgan fingerprint density at radius 3 is 2.95 bits per heavy atom. The van der Waals surface area contributed by atoms with Gasteiger partial charge >= 0.3 is 5.76 Å². The van der Waals surface area contributed by atoms with Gasteiger partial charge in [0.2, 0.25) is 0 Å². The number of benzene rings is 1. The van der Waals surface area contributed by atoms with E-state index >= 15 is 0 Å². The smallest absolute Gasteiger partial charge is 0.342 e. The second-order valence-electron chi connectivity index (χ2n) is 5.26. The van der Waals surface area contributed by atoms with Crippen LogP contribution in [0, 0.1) is 11.3 Å². The summed E-state index contributed by atoms with van der Waals surface area (Å²) in [5, 5.41) is 13.8. The van der Waals surface area contributed by atoms with Gasteiger partial charge in [0, 0.05) is 29.2 Å². The van der Waals surface area contributed by atoms with Crippen molar-refractivity contribution in [2.75, 3.05) is 0 Å². The Kier molecular flexibility index (Phi) is 3.39. The highest BCUT2D eigenvalue weighted by Gasteiger charge is 2.11. The van der Waals surface area contributed by atoms with Crippen LogP contribution >= 0.6 is 0 Å². The van der Waals surface area contributed by atoms with Crippen LogP contribution in [0.15, 0.2) is 45.4 Å². The van der Waals surface area contributed by atoms with E-state index < -0.39 is 5.76 Å². The maximum Gasteiger partial charge on any atom is 0.439 e. The van der Waals surface area contributed by atoms with E-state index in [1.54, 1.807) is 0 Å². The Hall–Kier alpha value is -3.07. The molecule has 0 amide bonds. The second kappa shape index (κ2) is 5.37. The molecule has 110 valence electrons. The number of hydrogen-bond donors (Lipinski definition) is 1. The molecular weight excluding hydrogens is 280 g/mol. The fourth-order valence-electron chi connectivity index (χ4n) is 2.32. The van der Waals surface area contributed by atoms with Gasteiger partial charge in [-0.25, -0.2) is 4.79 Å². The Balaban J connectivity index is 2.14. The number of hydrogen-bond acceptors (Lipinski definition) is 4. The summed E-state index contributed by atoms with van der Waals surface area (Å²) < 4.78 is 6.54. The number of H-pyrrole nitrogens is 1. The molecule has 1 N–H and O–H groups in total. The van der Waals surface area contributed by atoms with E-state index in [4.69, 9.17) is 0 Å². The highest BCUT2D eigenvalue weighted by molar-refractivity contribution is 5.89. The van der Waals surface area contributed by atoms with Crippen molar-refractivity contribution < 1.29 is 4.52 Å². The van der Waals surface area contributed by atoms with Gasteiger partial charge in [-0.05, 0) is 32.0 Å². The molecule has 0 aliphatic carbocycles. The Bertz CT molecular complexity index is 962. The number of nitriles is 1. The van der Waals surface area contributed by atoms with Gasteiger partial charge in [-0.2, -0.15) is 5.26 Å². The van der Waals surface area contributed by atoms with Crippen LogP contribution in [0.2, 0.25) is 0 Å². The maximum absolute atomic E-state index is 11.1. The van der Waals surface area contributed by atoms with E-state index in [9.17, 15) is 10.1 Å². The molecule has 6 nitrogen and oxygen atoms in total. The lowest BCUT2D eigenvalue weighted by atomic mass is 10.1. The van der Waals surface area contributed by atoms with Gasteiger partial charge in [0.25, 0.3) is 0 Å². The summed E-state index contributed by atoms with van der Waals surface area (Å²) in [5.74, 6) is -0.246. The molecule has 1 aromatic carbocycles. The molecule has 3 aromatic rings. The van der Waals surface area contributed by atoms with E-state index in [-0.39, 0.29) is 0 Å². The molecule has 6 heteroatoms. The molecule has 0 saturated heterocycles. The third kappa shape index (κ3) is 2.44. The highest BCUT2D eigenvalue weighted by atomic mass is 16.5. The number of fused-ring (bicyclic) bond motifs is 1. The van der Waals surface area contributed by atoms with E-state index in [1.807, 2.05) is 42.8 Å². The molecular formula is C16H14N4O2. The molecule has 0 aliphatic rings. The Morgan fingerprint density at radius 1 is 1.50 bits per heavy atom. The van der Waals surface area contributed by atoms with Gasteiger partial charge in [0.15, 0.2) is 5.82 Å². The van der Waals surface area contributed by atoms with Crippen molar-refractivity contribution >= 4 is 10.9 Å². The largest absolute Gasteiger partial charge is 0.439 e. The van der Waals surface area contributed by atoms with Gasteiger partial charge in [-0.15, -0.1) is 0 Å². The highest BCUT2D eigenvalue weighted by Crippen LogP contribution is 2.26. The summed E-state index contributed by atoms with van der Waals surface area (Å²) in [4.78, 5) is 13.6. The Labute approximate surface area is 126 Å². The predicted octanol–water partition coefficient (Wildman–Crippen LogP) is 2.82. The minimum absolute atomic E-state index is 0.354. The first kappa shape index (κ1) is 13.9. The van der Waals surface area contributed by atoms with E-state index in [0.717, 1.165) is 10.9 Å². The molecule has 0 saturated carbocycles. The van der Waals surface area contributed by atoms with Crippen LogP contribution in [0.5, 0.6) is 0 Å². The summed E-state index contributed by atoms with van der Waals surface area (Å²) in [7, 11) is 0. The zero-order valence-electron chi connectivity index (χ0n) is 12.3. The lowest BCUT2D eigenvalue weighted by Gasteiger charge is -2.02. The molecule has 3 rings (SSSR count). The van der Waals surface area contributed by atoms with Gasteiger partial charge in [0.05, 0.1) is 5.56 Å². The molecule has 2 aromatic heterocycles. The molecule has 0 radical (unpaired) electrons. The first-order chi connectivity index (χ1) is 10.6. The minimum atomic E-state index is -0.600. The molecule has 0 spiro atoms. The van der Waals surface area contributed by atoms with Crippen LogP contribution in [-0.4, -0.2) is 14.7 Å². The average molecular weight is 294 g/mol. The minimum Gasteiger partial charge on any atom is -0.342 e. The lowest BCUT2D eigenvalue weighted by molar-refractivity contribution is 0.388. The van der Waals surface area contributed by atoms with Gasteiger partial charge in [-0.3, -0.25) is 9.51 Å². The fraction of sp³-hybridized carbons (Fsp3) is 0.188. The van der Waals surface area contributed by atoms with Crippen LogP contribution in [0.25, 0.3) is 22.3 Å². The summed E-state index contributed by atoms with van der Waals surface area (Å²) in [6.07, 6.45) is 3.93. The second-order valence-corrected chi connectivity index (χ2v) is 5.26. The molecule has 0 bridgehead atoms. The van der Waals surface area contributed by atoms with Crippen molar-refractivity contribution in [3.05, 3.63) is 52.2 Å². The van der Waals surface area contributed by atoms with E-state index in [1.165, 1.54) is 5.57 Å². The lowest BCUT2D eigenvalue weighted by Crippen LogP contribution is -1.95. The van der Waals surface area contributed by atoms with Crippen LogP contribution < -0.4 is 5.76 Å². The number of nitrogens with one attached hydrogen (secondary N) is 1. The van der Waals surface area contributed by atoms with Crippen molar-refractivity contribution in [2.45, 2.75) is 20.4 Å². The molecule has 0 atom stereocenters. The number of aromatic amines is 1. The van der Waals surface area contributed by atoms with Crippen molar-refractivity contribution in [1.82, 2.24) is 14.7 Å². The zero-order valence-corrected chi connectivity index (χ0v) is 12.3. The van der Waals surface area contributed by atoms with Gasteiger partial charge in [-0.1, -0.05) is 16.8 Å². The number of allylic oxidation sites excluding steroid dienone is 2. The zero-order chi connectivity index (χ0) is 15.7. The first-order valence-electron chi connectivity index (χ1n) is 6.81. The molecule has 0 fully saturated rings. The van der Waals surface area contributed by atoms with Crippen molar-refractivity contribution in [1.29, 1.82) is 5.26 Å². The quantitative estimate of drug-likeness (QED) is 0.752. The van der Waals surface area contributed by atoms with Crippen LogP contribution in [0.3, 0.4) is 0 Å². The normalized spacial score (nSPS) is 10.6. The molecule has 22 heavy (non-hydrogen) atoms. The standard InChI is InChI=1S/C16H14N4O2/c1-10(2)5-6-20-9-12(8-17)13-7-11(3-4-14(13)20)15-18-16(21)22-19-15/h3-5,7,9H,6H2,1-2H3,(H,18,19,21). The van der Waals surface area contributed by atoms with Crippen LogP contribution in [-0.2, 0) is 6.54 Å². The monoisotopic (exact) mass is 294 g/mol. The van der Waals surface area contributed by atoms with Crippen molar-refractivity contribution in [3.63, 3.8) is 0 Å². The fourth-order valence-corrected chi connectivity index (χ4v) is 2.32. The predicted molar refractivity (Wildman–Crippen MR) is 82.2 cm³/mol. The summed E-state index contributed by atoms with van der Waals surface area (Å²) in [6.45, 7) is 4.78. The topological polar surface area (TPSA) is 87.6 Å². The number of rotatable bonds is 3. The summed E-state index contributed by atoms with van der Waals surface area (Å²) in [5.41, 5.74) is 3.47. The maximum atomic E-state index is 11.1. The van der Waals surface area contributed by atoms with Crippen molar-refractivity contribution in [2.24, 2.45) is 0 Å². The van der Waals surface area contributed by atoms with E-state index in [2.05, 4.69) is 26.8 Å². The summed E-state index contributed by atoms with van der Waals surface area (Å²) >= 11 is 0. The average Bonchev–Trinajstić information content (AvgIpc) is 3.08. The van der Waals surface area contributed by atoms with Crippen LogP contribution in [0.1, 0.15) is 19.4 Å². The number of aromatic nitrogens is 3. The molecule has 2 heterocycles.